The largest absolute Gasteiger partial charge is 0.458 e. The number of rotatable bonds is 3. The minimum atomic E-state index is -0.180. The van der Waals surface area contributed by atoms with Crippen molar-refractivity contribution in [2.45, 2.75) is 46.1 Å². The molecule has 0 aromatic heterocycles. The van der Waals surface area contributed by atoms with Gasteiger partial charge in [-0.05, 0) is 53.5 Å². The van der Waals surface area contributed by atoms with E-state index in [-0.39, 0.29) is 12.1 Å². The zero-order valence-corrected chi connectivity index (χ0v) is 14.3. The summed E-state index contributed by atoms with van der Waals surface area (Å²) in [5.41, 5.74) is 0.657. The van der Waals surface area contributed by atoms with Crippen LogP contribution in [0, 0.1) is 17.8 Å². The maximum absolute atomic E-state index is 12.6. The highest BCUT2D eigenvalue weighted by atomic mass is 16.5. The summed E-state index contributed by atoms with van der Waals surface area (Å²) in [7, 11) is 0. The van der Waals surface area contributed by atoms with Crippen LogP contribution in [0.3, 0.4) is 0 Å². The number of carbonyl (C=O) groups excluding carboxylic acids is 1. The lowest BCUT2D eigenvalue weighted by Crippen LogP contribution is -2.35. The Balaban J connectivity index is 1.78. The van der Waals surface area contributed by atoms with Crippen molar-refractivity contribution in [1.29, 1.82) is 0 Å². The molecule has 1 aliphatic rings. The molecule has 0 N–H and O–H groups in total. The highest BCUT2D eigenvalue weighted by Crippen LogP contribution is 2.35. The normalized spacial score (nSPS) is 24.8. The van der Waals surface area contributed by atoms with Crippen LogP contribution < -0.4 is 0 Å². The van der Waals surface area contributed by atoms with Crippen molar-refractivity contribution < 1.29 is 9.53 Å². The van der Waals surface area contributed by atoms with Gasteiger partial charge in [-0.15, -0.1) is 0 Å². The van der Waals surface area contributed by atoms with Crippen LogP contribution in [0.2, 0.25) is 0 Å². The number of benzene rings is 2. The number of ether oxygens (including phenoxy) is 1. The summed E-state index contributed by atoms with van der Waals surface area (Å²) in [6.07, 6.45) is 3.45. The number of hydrogen-bond donors (Lipinski definition) is 0. The molecule has 2 heteroatoms. The lowest BCUT2D eigenvalue weighted by molar-refractivity contribution is -0.0173. The fraction of sp³-hybridized carbons (Fsp3) is 0.476. The summed E-state index contributed by atoms with van der Waals surface area (Å²) in [5.74, 6) is 1.49. The predicted molar refractivity (Wildman–Crippen MR) is 94.5 cm³/mol. The Kier molecular flexibility index (Phi) is 4.70. The van der Waals surface area contributed by atoms with E-state index in [0.717, 1.165) is 23.6 Å². The molecule has 0 amide bonds. The van der Waals surface area contributed by atoms with Crippen LogP contribution in [0.1, 0.15) is 50.4 Å². The SMILES string of the molecule is CC(C)[C@@H]1CC[C@H](C)C[C@H]1OC(=O)c1ccc2ccccc2c1. The van der Waals surface area contributed by atoms with Crippen molar-refractivity contribution >= 4 is 16.7 Å². The second-order valence-corrected chi connectivity index (χ2v) is 7.33. The van der Waals surface area contributed by atoms with E-state index in [9.17, 15) is 4.79 Å². The van der Waals surface area contributed by atoms with Crippen LogP contribution in [-0.2, 0) is 4.74 Å². The average molecular weight is 310 g/mol. The fourth-order valence-electron chi connectivity index (χ4n) is 3.77. The Morgan fingerprint density at radius 3 is 2.57 bits per heavy atom. The first-order valence-electron chi connectivity index (χ1n) is 8.74. The Hall–Kier alpha value is -1.83. The molecule has 3 rings (SSSR count). The topological polar surface area (TPSA) is 26.3 Å². The van der Waals surface area contributed by atoms with Gasteiger partial charge in [0, 0.05) is 0 Å². The van der Waals surface area contributed by atoms with E-state index in [1.807, 2.05) is 36.4 Å². The first-order valence-corrected chi connectivity index (χ1v) is 8.74. The second-order valence-electron chi connectivity index (χ2n) is 7.33. The summed E-state index contributed by atoms with van der Waals surface area (Å²) in [5, 5.41) is 2.23. The highest BCUT2D eigenvalue weighted by molar-refractivity contribution is 5.95. The van der Waals surface area contributed by atoms with Crippen LogP contribution in [0.25, 0.3) is 10.8 Å². The van der Waals surface area contributed by atoms with Crippen LogP contribution in [-0.4, -0.2) is 12.1 Å². The smallest absolute Gasteiger partial charge is 0.338 e. The van der Waals surface area contributed by atoms with Gasteiger partial charge in [0.2, 0.25) is 0 Å². The molecule has 0 heterocycles. The van der Waals surface area contributed by atoms with Crippen molar-refractivity contribution in [2.75, 3.05) is 0 Å². The quantitative estimate of drug-likeness (QED) is 0.704. The van der Waals surface area contributed by atoms with Gasteiger partial charge >= 0.3 is 5.97 Å². The van der Waals surface area contributed by atoms with E-state index < -0.39 is 0 Å². The molecule has 0 spiro atoms. The molecule has 0 aliphatic heterocycles. The summed E-state index contributed by atoms with van der Waals surface area (Å²) >= 11 is 0. The summed E-state index contributed by atoms with van der Waals surface area (Å²) < 4.78 is 5.93. The minimum absolute atomic E-state index is 0.0534. The minimum Gasteiger partial charge on any atom is -0.458 e. The summed E-state index contributed by atoms with van der Waals surface area (Å²) in [4.78, 5) is 12.6. The first kappa shape index (κ1) is 16.0. The lowest BCUT2D eigenvalue weighted by atomic mass is 9.75. The molecule has 23 heavy (non-hydrogen) atoms. The molecule has 122 valence electrons. The van der Waals surface area contributed by atoms with Gasteiger partial charge in [0.25, 0.3) is 0 Å². The highest BCUT2D eigenvalue weighted by Gasteiger charge is 2.33. The van der Waals surface area contributed by atoms with Gasteiger partial charge < -0.3 is 4.74 Å². The number of carbonyl (C=O) groups is 1. The zero-order valence-electron chi connectivity index (χ0n) is 14.3. The number of hydrogen-bond acceptors (Lipinski definition) is 2. The van der Waals surface area contributed by atoms with E-state index in [1.54, 1.807) is 0 Å². The molecule has 0 unspecified atom stereocenters. The van der Waals surface area contributed by atoms with Gasteiger partial charge in [0.05, 0.1) is 5.56 Å². The lowest BCUT2D eigenvalue weighted by Gasteiger charge is -2.36. The molecule has 1 fully saturated rings. The van der Waals surface area contributed by atoms with Gasteiger partial charge in [-0.25, -0.2) is 4.79 Å². The van der Waals surface area contributed by atoms with E-state index in [2.05, 4.69) is 26.8 Å². The maximum atomic E-state index is 12.6. The molecule has 2 aromatic carbocycles. The van der Waals surface area contributed by atoms with Crippen LogP contribution in [0.5, 0.6) is 0 Å². The molecule has 3 atom stereocenters. The summed E-state index contributed by atoms with van der Waals surface area (Å²) in [6.45, 7) is 6.72. The fourth-order valence-corrected chi connectivity index (χ4v) is 3.77. The third-order valence-electron chi connectivity index (χ3n) is 5.20. The molecule has 2 nitrogen and oxygen atoms in total. The van der Waals surface area contributed by atoms with Crippen LogP contribution in [0.15, 0.2) is 42.5 Å². The molecule has 0 bridgehead atoms. The maximum Gasteiger partial charge on any atom is 0.338 e. The van der Waals surface area contributed by atoms with Crippen molar-refractivity contribution in [1.82, 2.24) is 0 Å². The van der Waals surface area contributed by atoms with Crippen molar-refractivity contribution in [3.63, 3.8) is 0 Å². The average Bonchev–Trinajstić information content (AvgIpc) is 2.54. The molecule has 2 aromatic rings. The monoisotopic (exact) mass is 310 g/mol. The van der Waals surface area contributed by atoms with Gasteiger partial charge in [-0.3, -0.25) is 0 Å². The van der Waals surface area contributed by atoms with Gasteiger partial charge in [0.15, 0.2) is 0 Å². The first-order chi connectivity index (χ1) is 11.0. The van der Waals surface area contributed by atoms with E-state index in [4.69, 9.17) is 4.74 Å². The molecule has 1 aliphatic carbocycles. The standard InChI is InChI=1S/C21H26O2/c1-14(2)19-11-8-15(3)12-20(19)23-21(22)18-10-9-16-6-4-5-7-17(16)13-18/h4-7,9-10,13-15,19-20H,8,11-12H2,1-3H3/t15-,19-,20+/m0/s1. The van der Waals surface area contributed by atoms with Gasteiger partial charge in [-0.1, -0.05) is 57.5 Å². The van der Waals surface area contributed by atoms with Gasteiger partial charge in [0.1, 0.15) is 6.10 Å². The molecular weight excluding hydrogens is 284 g/mol. The molecule has 1 saturated carbocycles. The Labute approximate surface area is 138 Å². The molecular formula is C21H26O2. The van der Waals surface area contributed by atoms with Crippen LogP contribution in [0.4, 0.5) is 0 Å². The third-order valence-corrected chi connectivity index (χ3v) is 5.20. The summed E-state index contributed by atoms with van der Waals surface area (Å²) in [6, 6.07) is 13.9. The molecule has 0 radical (unpaired) electrons. The second kappa shape index (κ2) is 6.74. The van der Waals surface area contributed by atoms with E-state index in [1.165, 1.54) is 6.42 Å². The Morgan fingerprint density at radius 1 is 1.09 bits per heavy atom. The third kappa shape index (κ3) is 3.57. The van der Waals surface area contributed by atoms with E-state index in [0.29, 0.717) is 23.3 Å². The zero-order chi connectivity index (χ0) is 16.4. The number of esters is 1. The molecule has 0 saturated heterocycles. The van der Waals surface area contributed by atoms with E-state index >= 15 is 0 Å². The van der Waals surface area contributed by atoms with Crippen LogP contribution >= 0.6 is 0 Å². The Morgan fingerprint density at radius 2 is 1.83 bits per heavy atom. The Bertz CT molecular complexity index is 689. The number of fused-ring (bicyclic) bond motifs is 1. The van der Waals surface area contributed by atoms with Gasteiger partial charge in [-0.2, -0.15) is 0 Å². The van der Waals surface area contributed by atoms with Crippen molar-refractivity contribution in [2.24, 2.45) is 17.8 Å². The van der Waals surface area contributed by atoms with Crippen molar-refractivity contribution in [3.05, 3.63) is 48.0 Å². The van der Waals surface area contributed by atoms with Crippen molar-refractivity contribution in [3.8, 4) is 0 Å². The predicted octanol–water partition coefficient (Wildman–Crippen LogP) is 5.46.